The van der Waals surface area contributed by atoms with Gasteiger partial charge >= 0.3 is 0 Å². The van der Waals surface area contributed by atoms with Gasteiger partial charge in [-0.1, -0.05) is 13.0 Å². The van der Waals surface area contributed by atoms with Gasteiger partial charge in [0.15, 0.2) is 0 Å². The number of aryl methyl sites for hydroxylation is 2. The summed E-state index contributed by atoms with van der Waals surface area (Å²) in [6, 6.07) is 4.11. The zero-order chi connectivity index (χ0) is 14.7. The van der Waals surface area contributed by atoms with Gasteiger partial charge < -0.3 is 9.64 Å². The van der Waals surface area contributed by atoms with Gasteiger partial charge in [0, 0.05) is 13.1 Å². The van der Waals surface area contributed by atoms with Crippen molar-refractivity contribution in [3.63, 3.8) is 0 Å². The topological polar surface area (TPSA) is 29.5 Å². The van der Waals surface area contributed by atoms with E-state index < -0.39 is 0 Å². The molecule has 1 amide bonds. The Morgan fingerprint density at radius 3 is 2.50 bits per heavy atom. The van der Waals surface area contributed by atoms with Crippen LogP contribution in [0.25, 0.3) is 0 Å². The fourth-order valence-electron chi connectivity index (χ4n) is 2.79. The lowest BCUT2D eigenvalue weighted by Gasteiger charge is -2.30. The van der Waals surface area contributed by atoms with Gasteiger partial charge in [-0.05, 0) is 55.4 Å². The highest BCUT2D eigenvalue weighted by atomic mass is 16.5. The van der Waals surface area contributed by atoms with Crippen molar-refractivity contribution in [1.29, 1.82) is 0 Å². The molecule has 110 valence electrons. The van der Waals surface area contributed by atoms with Gasteiger partial charge in [0.1, 0.15) is 5.75 Å². The van der Waals surface area contributed by atoms with Crippen molar-refractivity contribution < 1.29 is 9.53 Å². The van der Waals surface area contributed by atoms with Crippen LogP contribution in [-0.2, 0) is 11.2 Å². The minimum absolute atomic E-state index is 0.254. The third-order valence-electron chi connectivity index (χ3n) is 4.33. The molecule has 1 heterocycles. The summed E-state index contributed by atoms with van der Waals surface area (Å²) in [5.74, 6) is 1.90. The molecule has 2 rings (SSSR count). The minimum atomic E-state index is 0.254. The number of hydrogen-bond donors (Lipinski definition) is 0. The normalized spacial score (nSPS) is 16.3. The summed E-state index contributed by atoms with van der Waals surface area (Å²) in [5, 5.41) is 0. The third kappa shape index (κ3) is 3.33. The van der Waals surface area contributed by atoms with Crippen LogP contribution in [0.2, 0.25) is 0 Å². The van der Waals surface area contributed by atoms with E-state index in [0.717, 1.165) is 54.3 Å². The average molecular weight is 275 g/mol. The van der Waals surface area contributed by atoms with Crippen LogP contribution in [0.3, 0.4) is 0 Å². The van der Waals surface area contributed by atoms with Crippen LogP contribution >= 0.6 is 0 Å². The molecule has 20 heavy (non-hydrogen) atoms. The van der Waals surface area contributed by atoms with E-state index in [0.29, 0.717) is 6.42 Å². The van der Waals surface area contributed by atoms with Crippen LogP contribution in [-0.4, -0.2) is 31.0 Å². The summed E-state index contributed by atoms with van der Waals surface area (Å²) in [7, 11) is 1.68. The molecule has 1 fully saturated rings. The molecular formula is C17H25NO2. The first-order valence-corrected chi connectivity index (χ1v) is 7.43. The van der Waals surface area contributed by atoms with Crippen LogP contribution < -0.4 is 4.74 Å². The minimum Gasteiger partial charge on any atom is -0.496 e. The monoisotopic (exact) mass is 275 g/mol. The maximum Gasteiger partial charge on any atom is 0.226 e. The van der Waals surface area contributed by atoms with E-state index in [4.69, 9.17) is 4.74 Å². The van der Waals surface area contributed by atoms with E-state index in [1.54, 1.807) is 7.11 Å². The Labute approximate surface area is 121 Å². The second-order valence-electron chi connectivity index (χ2n) is 5.99. The molecule has 0 aliphatic carbocycles. The molecular weight excluding hydrogens is 250 g/mol. The standard InChI is InChI=1S/C17H25NO2/c1-12-5-7-18(8-6-12)17(19)11-15-9-14(3)16(20-4)10-13(15)2/h9-10,12H,5-8,11H2,1-4H3. The van der Waals surface area contributed by atoms with Crippen LogP contribution in [0.15, 0.2) is 12.1 Å². The predicted octanol–water partition coefficient (Wildman–Crippen LogP) is 3.11. The lowest BCUT2D eigenvalue weighted by atomic mass is 9.97. The smallest absolute Gasteiger partial charge is 0.226 e. The molecule has 3 nitrogen and oxygen atoms in total. The van der Waals surface area contributed by atoms with Crippen molar-refractivity contribution in [1.82, 2.24) is 4.90 Å². The van der Waals surface area contributed by atoms with Crippen molar-refractivity contribution in [2.24, 2.45) is 5.92 Å². The number of hydrogen-bond acceptors (Lipinski definition) is 2. The Morgan fingerprint density at radius 2 is 1.90 bits per heavy atom. The number of nitrogens with zero attached hydrogens (tertiary/aromatic N) is 1. The Bertz CT molecular complexity index is 488. The molecule has 0 spiro atoms. The average Bonchev–Trinajstić information content (AvgIpc) is 2.43. The molecule has 0 atom stereocenters. The van der Waals surface area contributed by atoms with E-state index in [1.807, 2.05) is 24.8 Å². The first-order chi connectivity index (χ1) is 9.51. The maximum atomic E-state index is 12.4. The van der Waals surface area contributed by atoms with E-state index in [2.05, 4.69) is 13.0 Å². The number of benzene rings is 1. The summed E-state index contributed by atoms with van der Waals surface area (Å²) >= 11 is 0. The molecule has 0 saturated carbocycles. The molecule has 1 aliphatic rings. The second-order valence-corrected chi connectivity index (χ2v) is 5.99. The molecule has 1 aromatic rings. The van der Waals surface area contributed by atoms with E-state index in [1.165, 1.54) is 0 Å². The first-order valence-electron chi connectivity index (χ1n) is 7.43. The van der Waals surface area contributed by atoms with Crippen molar-refractivity contribution >= 4 is 5.91 Å². The quantitative estimate of drug-likeness (QED) is 0.848. The first kappa shape index (κ1) is 14.9. The SMILES string of the molecule is COc1cc(C)c(CC(=O)N2CCC(C)CC2)cc1C. The molecule has 3 heteroatoms. The Balaban J connectivity index is 2.06. The van der Waals surface area contributed by atoms with Gasteiger partial charge in [-0.15, -0.1) is 0 Å². The van der Waals surface area contributed by atoms with Gasteiger partial charge in [0.05, 0.1) is 13.5 Å². The van der Waals surface area contributed by atoms with Gasteiger partial charge in [0.2, 0.25) is 5.91 Å². The third-order valence-corrected chi connectivity index (χ3v) is 4.33. The molecule has 0 N–H and O–H groups in total. The number of likely N-dealkylation sites (tertiary alicyclic amines) is 1. The van der Waals surface area contributed by atoms with Gasteiger partial charge in [-0.2, -0.15) is 0 Å². The Hall–Kier alpha value is -1.51. The van der Waals surface area contributed by atoms with Crippen LogP contribution in [0.5, 0.6) is 5.75 Å². The molecule has 1 saturated heterocycles. The molecule has 0 unspecified atom stereocenters. The van der Waals surface area contributed by atoms with Gasteiger partial charge in [-0.25, -0.2) is 0 Å². The number of ether oxygens (including phenoxy) is 1. The highest BCUT2D eigenvalue weighted by Crippen LogP contribution is 2.24. The zero-order valence-electron chi connectivity index (χ0n) is 13.0. The molecule has 1 aromatic carbocycles. The molecule has 1 aliphatic heterocycles. The van der Waals surface area contributed by atoms with Gasteiger partial charge in [-0.3, -0.25) is 4.79 Å². The highest BCUT2D eigenvalue weighted by molar-refractivity contribution is 5.79. The predicted molar refractivity (Wildman–Crippen MR) is 81.2 cm³/mol. The second kappa shape index (κ2) is 6.29. The number of carbonyl (C=O) groups is 1. The van der Waals surface area contributed by atoms with Crippen molar-refractivity contribution in [3.05, 3.63) is 28.8 Å². The molecule has 0 bridgehead atoms. The van der Waals surface area contributed by atoms with Crippen LogP contribution in [0.4, 0.5) is 0 Å². The largest absolute Gasteiger partial charge is 0.496 e. The maximum absolute atomic E-state index is 12.4. The van der Waals surface area contributed by atoms with Crippen LogP contribution in [0.1, 0.15) is 36.5 Å². The lowest BCUT2D eigenvalue weighted by Crippen LogP contribution is -2.38. The number of methoxy groups -OCH3 is 1. The Morgan fingerprint density at radius 1 is 1.25 bits per heavy atom. The Kier molecular flexibility index (Phi) is 4.69. The number of amides is 1. The molecule has 0 aromatic heterocycles. The number of piperidine rings is 1. The summed E-state index contributed by atoms with van der Waals surface area (Å²) in [4.78, 5) is 14.4. The summed E-state index contributed by atoms with van der Waals surface area (Å²) < 4.78 is 5.32. The van der Waals surface area contributed by atoms with E-state index >= 15 is 0 Å². The summed E-state index contributed by atoms with van der Waals surface area (Å²) in [6.07, 6.45) is 2.77. The van der Waals surface area contributed by atoms with Crippen molar-refractivity contribution in [3.8, 4) is 5.75 Å². The van der Waals surface area contributed by atoms with Crippen LogP contribution in [0, 0.1) is 19.8 Å². The zero-order valence-corrected chi connectivity index (χ0v) is 13.0. The highest BCUT2D eigenvalue weighted by Gasteiger charge is 2.21. The van der Waals surface area contributed by atoms with Crippen molar-refractivity contribution in [2.75, 3.05) is 20.2 Å². The number of carbonyl (C=O) groups excluding carboxylic acids is 1. The van der Waals surface area contributed by atoms with Gasteiger partial charge in [0.25, 0.3) is 0 Å². The number of rotatable bonds is 3. The fourth-order valence-corrected chi connectivity index (χ4v) is 2.79. The molecule has 0 radical (unpaired) electrons. The fraction of sp³-hybridized carbons (Fsp3) is 0.588. The van der Waals surface area contributed by atoms with Crippen molar-refractivity contribution in [2.45, 2.75) is 40.0 Å². The summed E-state index contributed by atoms with van der Waals surface area (Å²) in [6.45, 7) is 8.15. The lowest BCUT2D eigenvalue weighted by molar-refractivity contribution is -0.131. The van der Waals surface area contributed by atoms with E-state index in [-0.39, 0.29) is 5.91 Å². The summed E-state index contributed by atoms with van der Waals surface area (Å²) in [5.41, 5.74) is 3.34. The van der Waals surface area contributed by atoms with E-state index in [9.17, 15) is 4.79 Å².